The molecular formula is C12H15N3OS. The van der Waals surface area contributed by atoms with Gasteiger partial charge in [-0.2, -0.15) is 0 Å². The van der Waals surface area contributed by atoms with Crippen LogP contribution >= 0.6 is 11.3 Å². The van der Waals surface area contributed by atoms with E-state index in [4.69, 9.17) is 0 Å². The molecule has 1 aromatic heterocycles. The molecule has 2 rings (SSSR count). The molecule has 0 aliphatic rings. The van der Waals surface area contributed by atoms with Crippen LogP contribution in [0.5, 0.6) is 0 Å². The second kappa shape index (κ2) is 5.75. The zero-order valence-electron chi connectivity index (χ0n) is 9.69. The highest BCUT2D eigenvalue weighted by molar-refractivity contribution is 7.18. The van der Waals surface area contributed by atoms with E-state index < -0.39 is 0 Å². The van der Waals surface area contributed by atoms with Crippen LogP contribution in [-0.4, -0.2) is 24.5 Å². The highest BCUT2D eigenvalue weighted by atomic mass is 32.1. The van der Waals surface area contributed by atoms with Gasteiger partial charge in [0.15, 0.2) is 0 Å². The normalized spacial score (nSPS) is 10.6. The standard InChI is InChI=1S/C12H15N3OS/c1-13-7-6-11(16)14-8-12-15-9-4-2-3-5-10(9)17-12/h2-5,13H,6-8H2,1H3,(H,14,16). The molecule has 0 atom stereocenters. The third-order valence-corrected chi connectivity index (χ3v) is 3.41. The van der Waals surface area contributed by atoms with Crippen LogP contribution in [0.15, 0.2) is 24.3 Å². The summed E-state index contributed by atoms with van der Waals surface area (Å²) in [7, 11) is 1.83. The van der Waals surface area contributed by atoms with Crippen molar-refractivity contribution in [2.24, 2.45) is 0 Å². The van der Waals surface area contributed by atoms with Gasteiger partial charge in [-0.05, 0) is 19.2 Å². The maximum atomic E-state index is 11.4. The maximum absolute atomic E-state index is 11.4. The summed E-state index contributed by atoms with van der Waals surface area (Å²) in [4.78, 5) is 15.9. The van der Waals surface area contributed by atoms with Gasteiger partial charge >= 0.3 is 0 Å². The van der Waals surface area contributed by atoms with Gasteiger partial charge in [0.25, 0.3) is 0 Å². The number of benzene rings is 1. The second-order valence-electron chi connectivity index (χ2n) is 3.71. The van der Waals surface area contributed by atoms with E-state index in [0.29, 0.717) is 19.5 Å². The summed E-state index contributed by atoms with van der Waals surface area (Å²) in [5, 5.41) is 6.76. The van der Waals surface area contributed by atoms with Crippen molar-refractivity contribution in [1.82, 2.24) is 15.6 Å². The number of nitrogens with zero attached hydrogens (tertiary/aromatic N) is 1. The fourth-order valence-electron chi connectivity index (χ4n) is 1.50. The highest BCUT2D eigenvalue weighted by Gasteiger charge is 2.05. The Labute approximate surface area is 104 Å². The number of rotatable bonds is 5. The van der Waals surface area contributed by atoms with E-state index in [0.717, 1.165) is 15.2 Å². The number of hydrogen-bond acceptors (Lipinski definition) is 4. The summed E-state index contributed by atoms with van der Waals surface area (Å²) in [6, 6.07) is 7.99. The van der Waals surface area contributed by atoms with Crippen LogP contribution in [0.4, 0.5) is 0 Å². The Hall–Kier alpha value is -1.46. The molecule has 0 saturated carbocycles. The van der Waals surface area contributed by atoms with Crippen molar-refractivity contribution < 1.29 is 4.79 Å². The molecule has 5 heteroatoms. The van der Waals surface area contributed by atoms with Crippen molar-refractivity contribution in [3.8, 4) is 0 Å². The van der Waals surface area contributed by atoms with Crippen LogP contribution in [-0.2, 0) is 11.3 Å². The zero-order chi connectivity index (χ0) is 12.1. The average molecular weight is 249 g/mol. The lowest BCUT2D eigenvalue weighted by atomic mass is 10.3. The molecule has 2 N–H and O–H groups in total. The molecule has 1 amide bonds. The van der Waals surface area contributed by atoms with Crippen molar-refractivity contribution in [2.75, 3.05) is 13.6 Å². The molecule has 0 radical (unpaired) electrons. The molecule has 0 bridgehead atoms. The number of hydrogen-bond donors (Lipinski definition) is 2. The average Bonchev–Trinajstić information content (AvgIpc) is 2.76. The molecule has 17 heavy (non-hydrogen) atoms. The molecular weight excluding hydrogens is 234 g/mol. The molecule has 4 nitrogen and oxygen atoms in total. The van der Waals surface area contributed by atoms with E-state index in [1.807, 2.05) is 31.3 Å². The smallest absolute Gasteiger partial charge is 0.221 e. The van der Waals surface area contributed by atoms with Gasteiger partial charge in [-0.15, -0.1) is 11.3 Å². The monoisotopic (exact) mass is 249 g/mol. The Morgan fingerprint density at radius 3 is 3.00 bits per heavy atom. The number of amides is 1. The van der Waals surface area contributed by atoms with Crippen molar-refractivity contribution in [3.63, 3.8) is 0 Å². The zero-order valence-corrected chi connectivity index (χ0v) is 10.5. The molecule has 0 saturated heterocycles. The third-order valence-electron chi connectivity index (χ3n) is 2.38. The molecule has 0 aliphatic carbocycles. The van der Waals surface area contributed by atoms with Crippen LogP contribution in [0.3, 0.4) is 0 Å². The summed E-state index contributed by atoms with van der Waals surface area (Å²) in [6.45, 7) is 1.22. The first-order valence-corrected chi connectivity index (χ1v) is 6.37. The summed E-state index contributed by atoms with van der Waals surface area (Å²) < 4.78 is 1.16. The van der Waals surface area contributed by atoms with E-state index >= 15 is 0 Å². The van der Waals surface area contributed by atoms with E-state index in [1.54, 1.807) is 11.3 Å². The van der Waals surface area contributed by atoms with Crippen molar-refractivity contribution in [1.29, 1.82) is 0 Å². The minimum Gasteiger partial charge on any atom is -0.350 e. The minimum atomic E-state index is 0.0543. The fourth-order valence-corrected chi connectivity index (χ4v) is 2.40. The molecule has 2 aromatic rings. The number of aromatic nitrogens is 1. The van der Waals surface area contributed by atoms with E-state index in [9.17, 15) is 4.79 Å². The SMILES string of the molecule is CNCCC(=O)NCc1nc2ccccc2s1. The van der Waals surface area contributed by atoms with E-state index in [-0.39, 0.29) is 5.91 Å². The summed E-state index contributed by atoms with van der Waals surface area (Å²) in [5.74, 6) is 0.0543. The molecule has 0 fully saturated rings. The van der Waals surface area contributed by atoms with Gasteiger partial charge in [-0.1, -0.05) is 12.1 Å². The van der Waals surface area contributed by atoms with Gasteiger partial charge in [0, 0.05) is 13.0 Å². The Bertz CT molecular complexity index is 476. The number of para-hydroxylation sites is 1. The van der Waals surface area contributed by atoms with E-state index in [1.165, 1.54) is 0 Å². The van der Waals surface area contributed by atoms with Gasteiger partial charge < -0.3 is 10.6 Å². The van der Waals surface area contributed by atoms with Crippen molar-refractivity contribution in [2.45, 2.75) is 13.0 Å². The number of carbonyl (C=O) groups excluding carboxylic acids is 1. The minimum absolute atomic E-state index is 0.0543. The molecule has 1 aromatic carbocycles. The Morgan fingerprint density at radius 2 is 2.24 bits per heavy atom. The lowest BCUT2D eigenvalue weighted by molar-refractivity contribution is -0.121. The quantitative estimate of drug-likeness (QED) is 0.845. The third kappa shape index (κ3) is 3.25. The van der Waals surface area contributed by atoms with Crippen molar-refractivity contribution in [3.05, 3.63) is 29.3 Å². The largest absolute Gasteiger partial charge is 0.350 e. The van der Waals surface area contributed by atoms with Gasteiger partial charge in [-0.3, -0.25) is 4.79 Å². The van der Waals surface area contributed by atoms with Crippen LogP contribution in [0.2, 0.25) is 0 Å². The first-order valence-electron chi connectivity index (χ1n) is 5.55. The Kier molecular flexibility index (Phi) is 4.06. The number of thiazole rings is 1. The van der Waals surface area contributed by atoms with Crippen LogP contribution < -0.4 is 10.6 Å². The number of carbonyl (C=O) groups is 1. The lowest BCUT2D eigenvalue weighted by Crippen LogP contribution is -2.25. The van der Waals surface area contributed by atoms with Crippen LogP contribution in [0.1, 0.15) is 11.4 Å². The van der Waals surface area contributed by atoms with Gasteiger partial charge in [0.05, 0.1) is 16.8 Å². The molecule has 1 heterocycles. The first kappa shape index (κ1) is 12.0. The summed E-state index contributed by atoms with van der Waals surface area (Å²) in [6.07, 6.45) is 0.501. The highest BCUT2D eigenvalue weighted by Crippen LogP contribution is 2.21. The lowest BCUT2D eigenvalue weighted by Gasteiger charge is -2.01. The first-order chi connectivity index (χ1) is 8.29. The van der Waals surface area contributed by atoms with E-state index in [2.05, 4.69) is 15.6 Å². The Morgan fingerprint density at radius 1 is 1.41 bits per heavy atom. The molecule has 0 aliphatic heterocycles. The topological polar surface area (TPSA) is 54.0 Å². The van der Waals surface area contributed by atoms with Gasteiger partial charge in [0.1, 0.15) is 5.01 Å². The fraction of sp³-hybridized carbons (Fsp3) is 0.333. The summed E-state index contributed by atoms with van der Waals surface area (Å²) in [5.41, 5.74) is 0.997. The number of fused-ring (bicyclic) bond motifs is 1. The Balaban J connectivity index is 1.92. The molecule has 0 unspecified atom stereocenters. The molecule has 90 valence electrons. The van der Waals surface area contributed by atoms with Gasteiger partial charge in [-0.25, -0.2) is 4.98 Å². The second-order valence-corrected chi connectivity index (χ2v) is 4.82. The van der Waals surface area contributed by atoms with Gasteiger partial charge in [0.2, 0.25) is 5.91 Å². The predicted molar refractivity (Wildman–Crippen MR) is 70.0 cm³/mol. The van der Waals surface area contributed by atoms with Crippen LogP contribution in [0.25, 0.3) is 10.2 Å². The number of nitrogens with one attached hydrogen (secondary N) is 2. The predicted octanol–water partition coefficient (Wildman–Crippen LogP) is 1.52. The van der Waals surface area contributed by atoms with Crippen LogP contribution in [0, 0.1) is 0 Å². The molecule has 0 spiro atoms. The van der Waals surface area contributed by atoms with Crippen molar-refractivity contribution >= 4 is 27.5 Å². The summed E-state index contributed by atoms with van der Waals surface area (Å²) >= 11 is 1.62. The maximum Gasteiger partial charge on any atom is 0.221 e.